The third-order valence-electron chi connectivity index (χ3n) is 4.62. The van der Waals surface area contributed by atoms with E-state index in [2.05, 4.69) is 10.2 Å². The van der Waals surface area contributed by atoms with Gasteiger partial charge in [-0.25, -0.2) is 8.60 Å². The van der Waals surface area contributed by atoms with Gasteiger partial charge in [0.05, 0.1) is 21.4 Å². The lowest BCUT2D eigenvalue weighted by Crippen LogP contribution is -2.43. The van der Waals surface area contributed by atoms with E-state index in [1.165, 1.54) is 19.1 Å². The van der Waals surface area contributed by atoms with Crippen LogP contribution in [-0.4, -0.2) is 42.8 Å². The number of nitrogens with zero attached hydrogens (tertiary/aromatic N) is 2. The lowest BCUT2D eigenvalue weighted by Gasteiger charge is -2.31. The molecular weight excluding hydrogens is 365 g/mol. The fourth-order valence-electron chi connectivity index (χ4n) is 3.27. The molecule has 0 aliphatic carbocycles. The normalized spacial score (nSPS) is 15.4. The second kappa shape index (κ2) is 8.63. The van der Waals surface area contributed by atoms with E-state index in [-0.39, 0.29) is 5.91 Å². The first-order valence-corrected chi connectivity index (χ1v) is 10.2. The summed E-state index contributed by atoms with van der Waals surface area (Å²) in [6.07, 6.45) is 0. The van der Waals surface area contributed by atoms with Gasteiger partial charge in [-0.1, -0.05) is 6.07 Å². The van der Waals surface area contributed by atoms with Gasteiger partial charge in [-0.05, 0) is 43.3 Å². The molecule has 1 fully saturated rings. The zero-order chi connectivity index (χ0) is 19.4. The molecule has 1 aliphatic rings. The van der Waals surface area contributed by atoms with Crippen LogP contribution in [0.15, 0.2) is 52.3 Å². The van der Waals surface area contributed by atoms with E-state index in [0.717, 1.165) is 31.9 Å². The molecule has 144 valence electrons. The molecule has 27 heavy (non-hydrogen) atoms. The van der Waals surface area contributed by atoms with Gasteiger partial charge in [0.15, 0.2) is 0 Å². The van der Waals surface area contributed by atoms with Gasteiger partial charge in [0.25, 0.3) is 0 Å². The zero-order valence-electron chi connectivity index (χ0n) is 15.6. The zero-order valence-corrected chi connectivity index (χ0v) is 16.4. The van der Waals surface area contributed by atoms with Crippen LogP contribution >= 0.6 is 0 Å². The fraction of sp³-hybridized carbons (Fsp3) is 0.350. The van der Waals surface area contributed by atoms with Crippen LogP contribution in [0.4, 0.5) is 15.8 Å². The SMILES string of the molecule is CCN(C(C)=O)c1cc(N2CCNCC2)ccc1S(=O)c1cccc(F)c1. The van der Waals surface area contributed by atoms with Gasteiger partial charge >= 0.3 is 0 Å². The highest BCUT2D eigenvalue weighted by atomic mass is 32.2. The van der Waals surface area contributed by atoms with Crippen molar-refractivity contribution in [2.24, 2.45) is 0 Å². The quantitative estimate of drug-likeness (QED) is 0.854. The standard InChI is InChI=1S/C20H24FN3O2S/c1-3-24(15(2)25)19-14-17(23-11-9-22-10-12-23)7-8-20(19)27(26)18-6-4-5-16(21)13-18/h4-8,13-14,22H,3,9-12H2,1-2H3. The summed E-state index contributed by atoms with van der Waals surface area (Å²) in [5.41, 5.74) is 1.61. The molecule has 1 amide bonds. The highest BCUT2D eigenvalue weighted by molar-refractivity contribution is 7.85. The largest absolute Gasteiger partial charge is 0.369 e. The lowest BCUT2D eigenvalue weighted by atomic mass is 10.2. The predicted octanol–water partition coefficient (Wildman–Crippen LogP) is 2.77. The molecule has 5 nitrogen and oxygen atoms in total. The smallest absolute Gasteiger partial charge is 0.223 e. The van der Waals surface area contributed by atoms with Crippen LogP contribution in [0.2, 0.25) is 0 Å². The third-order valence-corrected chi connectivity index (χ3v) is 6.05. The minimum atomic E-state index is -1.59. The maximum absolute atomic E-state index is 13.6. The molecular formula is C20H24FN3O2S. The fourth-order valence-corrected chi connectivity index (χ4v) is 4.49. The molecule has 1 unspecified atom stereocenters. The van der Waals surface area contributed by atoms with Crippen molar-refractivity contribution in [3.8, 4) is 0 Å². The van der Waals surface area contributed by atoms with Crippen molar-refractivity contribution in [2.75, 3.05) is 42.5 Å². The van der Waals surface area contributed by atoms with Crippen LogP contribution in [-0.2, 0) is 15.6 Å². The highest BCUT2D eigenvalue weighted by Gasteiger charge is 2.21. The maximum atomic E-state index is 13.6. The topological polar surface area (TPSA) is 52.7 Å². The first-order chi connectivity index (χ1) is 13.0. The summed E-state index contributed by atoms with van der Waals surface area (Å²) in [5.74, 6) is -0.550. The van der Waals surface area contributed by atoms with Crippen LogP contribution < -0.4 is 15.1 Å². The second-order valence-corrected chi connectivity index (χ2v) is 7.83. The number of nitrogens with one attached hydrogen (secondary N) is 1. The Morgan fingerprint density at radius 1 is 1.22 bits per heavy atom. The Balaban J connectivity index is 2.06. The number of amides is 1. The molecule has 1 aliphatic heterocycles. The molecule has 1 saturated heterocycles. The molecule has 1 N–H and O–H groups in total. The van der Waals surface area contributed by atoms with Crippen LogP contribution in [0.5, 0.6) is 0 Å². The Morgan fingerprint density at radius 3 is 2.59 bits per heavy atom. The van der Waals surface area contributed by atoms with Gasteiger partial charge < -0.3 is 15.1 Å². The first kappa shape index (κ1) is 19.5. The average Bonchev–Trinajstić information content (AvgIpc) is 2.68. The number of benzene rings is 2. The number of hydrogen-bond donors (Lipinski definition) is 1. The molecule has 1 atom stereocenters. The Kier molecular flexibility index (Phi) is 6.23. The summed E-state index contributed by atoms with van der Waals surface area (Å²) in [6, 6.07) is 11.4. The number of halogens is 1. The van der Waals surface area contributed by atoms with E-state index in [1.807, 2.05) is 19.1 Å². The Hall–Kier alpha value is -2.25. The van der Waals surface area contributed by atoms with Crippen LogP contribution in [0, 0.1) is 5.82 Å². The average molecular weight is 389 g/mol. The number of hydrogen-bond acceptors (Lipinski definition) is 4. The van der Waals surface area contributed by atoms with Crippen molar-refractivity contribution in [3.05, 3.63) is 48.3 Å². The Labute approximate surface area is 161 Å². The minimum Gasteiger partial charge on any atom is -0.369 e. The summed E-state index contributed by atoms with van der Waals surface area (Å²) in [7, 11) is -1.59. The molecule has 0 bridgehead atoms. The van der Waals surface area contributed by atoms with Crippen LogP contribution in [0.1, 0.15) is 13.8 Å². The van der Waals surface area contributed by atoms with Crippen molar-refractivity contribution in [2.45, 2.75) is 23.6 Å². The van der Waals surface area contributed by atoms with Gasteiger partial charge in [-0.15, -0.1) is 0 Å². The summed E-state index contributed by atoms with van der Waals surface area (Å²) in [6.45, 7) is 7.39. The Morgan fingerprint density at radius 2 is 1.96 bits per heavy atom. The summed E-state index contributed by atoms with van der Waals surface area (Å²) >= 11 is 0. The van der Waals surface area contributed by atoms with Gasteiger partial charge in [0.1, 0.15) is 5.82 Å². The van der Waals surface area contributed by atoms with Crippen molar-refractivity contribution in [1.82, 2.24) is 5.32 Å². The molecule has 1 heterocycles. The van der Waals surface area contributed by atoms with Crippen molar-refractivity contribution in [1.29, 1.82) is 0 Å². The molecule has 2 aromatic carbocycles. The number of piperazine rings is 1. The lowest BCUT2D eigenvalue weighted by molar-refractivity contribution is -0.116. The van der Waals surface area contributed by atoms with Crippen molar-refractivity contribution < 1.29 is 13.4 Å². The van der Waals surface area contributed by atoms with E-state index >= 15 is 0 Å². The monoisotopic (exact) mass is 389 g/mol. The van der Waals surface area contributed by atoms with Gasteiger partial charge in [-0.3, -0.25) is 4.79 Å². The third kappa shape index (κ3) is 4.36. The van der Waals surface area contributed by atoms with Crippen molar-refractivity contribution in [3.63, 3.8) is 0 Å². The maximum Gasteiger partial charge on any atom is 0.223 e. The van der Waals surface area contributed by atoms with Crippen LogP contribution in [0.3, 0.4) is 0 Å². The predicted molar refractivity (Wildman–Crippen MR) is 106 cm³/mol. The van der Waals surface area contributed by atoms with Crippen LogP contribution in [0.25, 0.3) is 0 Å². The van der Waals surface area contributed by atoms with E-state index < -0.39 is 16.6 Å². The van der Waals surface area contributed by atoms with E-state index in [9.17, 15) is 13.4 Å². The van der Waals surface area contributed by atoms with E-state index in [0.29, 0.717) is 22.0 Å². The first-order valence-electron chi connectivity index (χ1n) is 9.06. The number of anilines is 2. The molecule has 7 heteroatoms. The molecule has 3 rings (SSSR count). The number of rotatable bonds is 5. The highest BCUT2D eigenvalue weighted by Crippen LogP contribution is 2.32. The Bertz CT molecular complexity index is 853. The van der Waals surface area contributed by atoms with Gasteiger partial charge in [0, 0.05) is 50.2 Å². The molecule has 0 spiro atoms. The van der Waals surface area contributed by atoms with Crippen molar-refractivity contribution >= 4 is 28.1 Å². The second-order valence-electron chi connectivity index (χ2n) is 6.38. The summed E-state index contributed by atoms with van der Waals surface area (Å²) < 4.78 is 26.7. The van der Waals surface area contributed by atoms with E-state index in [4.69, 9.17) is 0 Å². The molecule has 0 radical (unpaired) electrons. The number of carbonyl (C=O) groups excluding carboxylic acids is 1. The summed E-state index contributed by atoms with van der Waals surface area (Å²) in [5, 5.41) is 3.32. The van der Waals surface area contributed by atoms with E-state index in [1.54, 1.807) is 23.1 Å². The van der Waals surface area contributed by atoms with Gasteiger partial charge in [0.2, 0.25) is 5.91 Å². The molecule has 2 aromatic rings. The minimum absolute atomic E-state index is 0.118. The van der Waals surface area contributed by atoms with Gasteiger partial charge in [-0.2, -0.15) is 0 Å². The summed E-state index contributed by atoms with van der Waals surface area (Å²) in [4.78, 5) is 16.9. The molecule has 0 aromatic heterocycles. The number of carbonyl (C=O) groups is 1. The molecule has 0 saturated carbocycles.